The standard InChI is InChI=1S/C9H7NO6S/c11-8-5-2-1-3-6(7(5)9(12)10-8)16-4-17(13,14)15/h1-3H,4H2,(H,10,11,12)(H,13,14,15). The van der Waals surface area contributed by atoms with Crippen LogP contribution >= 0.6 is 0 Å². The molecule has 0 radical (unpaired) electrons. The minimum absolute atomic E-state index is 0.0267. The van der Waals surface area contributed by atoms with Crippen molar-refractivity contribution in [2.24, 2.45) is 0 Å². The minimum atomic E-state index is -4.31. The van der Waals surface area contributed by atoms with Crippen molar-refractivity contribution in [3.63, 3.8) is 0 Å². The predicted octanol–water partition coefficient (Wildman–Crippen LogP) is -0.206. The fourth-order valence-electron chi connectivity index (χ4n) is 1.45. The molecule has 1 aromatic carbocycles. The summed E-state index contributed by atoms with van der Waals surface area (Å²) in [4.78, 5) is 22.7. The molecule has 0 unspecified atom stereocenters. The van der Waals surface area contributed by atoms with Gasteiger partial charge in [-0.05, 0) is 12.1 Å². The zero-order valence-electron chi connectivity index (χ0n) is 8.34. The third kappa shape index (κ3) is 2.27. The normalized spacial score (nSPS) is 14.4. The van der Waals surface area contributed by atoms with Gasteiger partial charge in [-0.3, -0.25) is 19.5 Å². The Morgan fingerprint density at radius 1 is 1.24 bits per heavy atom. The van der Waals surface area contributed by atoms with Gasteiger partial charge < -0.3 is 4.74 Å². The lowest BCUT2D eigenvalue weighted by Gasteiger charge is -2.06. The molecule has 0 fully saturated rings. The SMILES string of the molecule is O=C1NC(=O)c2c(OCS(=O)(=O)O)cccc21. The second-order valence-electron chi connectivity index (χ2n) is 3.31. The number of fused-ring (bicyclic) bond motifs is 1. The molecule has 0 spiro atoms. The van der Waals surface area contributed by atoms with Gasteiger partial charge in [-0.2, -0.15) is 8.42 Å². The lowest BCUT2D eigenvalue weighted by molar-refractivity contribution is 0.0878. The minimum Gasteiger partial charge on any atom is -0.474 e. The van der Waals surface area contributed by atoms with Crippen LogP contribution in [0.1, 0.15) is 20.7 Å². The van der Waals surface area contributed by atoms with Crippen molar-refractivity contribution in [1.82, 2.24) is 5.32 Å². The Kier molecular flexibility index (Phi) is 2.60. The number of nitrogens with one attached hydrogen (secondary N) is 1. The Hall–Kier alpha value is -1.93. The highest BCUT2D eigenvalue weighted by atomic mass is 32.2. The van der Waals surface area contributed by atoms with Gasteiger partial charge in [0.1, 0.15) is 5.75 Å². The average molecular weight is 257 g/mol. The highest BCUT2D eigenvalue weighted by Crippen LogP contribution is 2.26. The Labute approximate surface area is 96.1 Å². The van der Waals surface area contributed by atoms with Crippen LogP contribution in [0.4, 0.5) is 0 Å². The Morgan fingerprint density at radius 3 is 2.59 bits per heavy atom. The topological polar surface area (TPSA) is 110 Å². The molecule has 7 nitrogen and oxygen atoms in total. The van der Waals surface area contributed by atoms with Crippen LogP contribution in [0.3, 0.4) is 0 Å². The van der Waals surface area contributed by atoms with E-state index in [-0.39, 0.29) is 16.9 Å². The zero-order chi connectivity index (χ0) is 12.6. The molecule has 0 atom stereocenters. The number of hydrogen-bond donors (Lipinski definition) is 2. The van der Waals surface area contributed by atoms with Crippen LogP contribution in [0.5, 0.6) is 5.75 Å². The van der Waals surface area contributed by atoms with E-state index in [1.165, 1.54) is 18.2 Å². The Bertz CT molecular complexity index is 606. The van der Waals surface area contributed by atoms with Crippen LogP contribution in [0.25, 0.3) is 0 Å². The predicted molar refractivity (Wildman–Crippen MR) is 55.3 cm³/mol. The van der Waals surface area contributed by atoms with Crippen LogP contribution in [0, 0.1) is 0 Å². The van der Waals surface area contributed by atoms with Crippen molar-refractivity contribution in [3.05, 3.63) is 29.3 Å². The van der Waals surface area contributed by atoms with Gasteiger partial charge in [0.25, 0.3) is 11.8 Å². The first-order valence-corrected chi connectivity index (χ1v) is 6.06. The summed E-state index contributed by atoms with van der Waals surface area (Å²) in [7, 11) is -4.31. The fraction of sp³-hybridized carbons (Fsp3) is 0.111. The van der Waals surface area contributed by atoms with Crippen molar-refractivity contribution in [1.29, 1.82) is 0 Å². The van der Waals surface area contributed by atoms with Crippen molar-refractivity contribution < 1.29 is 27.3 Å². The number of hydrogen-bond acceptors (Lipinski definition) is 5. The number of imide groups is 1. The second kappa shape index (κ2) is 3.82. The van der Waals surface area contributed by atoms with E-state index in [1.807, 2.05) is 5.32 Å². The summed E-state index contributed by atoms with van der Waals surface area (Å²) in [6, 6.07) is 4.19. The van der Waals surface area contributed by atoms with E-state index < -0.39 is 27.9 Å². The molecular weight excluding hydrogens is 250 g/mol. The van der Waals surface area contributed by atoms with E-state index in [2.05, 4.69) is 0 Å². The summed E-state index contributed by atoms with van der Waals surface area (Å²) in [6.07, 6.45) is 0. The Morgan fingerprint density at radius 2 is 1.94 bits per heavy atom. The summed E-state index contributed by atoms with van der Waals surface area (Å²) < 4.78 is 34.3. The zero-order valence-corrected chi connectivity index (χ0v) is 9.15. The maximum absolute atomic E-state index is 11.4. The van der Waals surface area contributed by atoms with Gasteiger partial charge in [0.05, 0.1) is 11.1 Å². The van der Waals surface area contributed by atoms with Crippen molar-refractivity contribution in [2.45, 2.75) is 0 Å². The quantitative estimate of drug-likeness (QED) is 0.573. The van der Waals surface area contributed by atoms with Gasteiger partial charge in [0.2, 0.25) is 5.94 Å². The monoisotopic (exact) mass is 257 g/mol. The van der Waals surface area contributed by atoms with Crippen molar-refractivity contribution in [2.75, 3.05) is 5.94 Å². The lowest BCUT2D eigenvalue weighted by atomic mass is 10.1. The highest BCUT2D eigenvalue weighted by Gasteiger charge is 2.30. The summed E-state index contributed by atoms with van der Waals surface area (Å²) in [6.45, 7) is 0. The smallest absolute Gasteiger partial charge is 0.300 e. The lowest BCUT2D eigenvalue weighted by Crippen LogP contribution is -2.20. The van der Waals surface area contributed by atoms with E-state index in [4.69, 9.17) is 9.29 Å². The fourth-order valence-corrected chi connectivity index (χ4v) is 1.72. The van der Waals surface area contributed by atoms with Crippen molar-refractivity contribution in [3.8, 4) is 5.75 Å². The van der Waals surface area contributed by atoms with E-state index in [0.717, 1.165) is 0 Å². The van der Waals surface area contributed by atoms with Crippen LogP contribution < -0.4 is 10.1 Å². The summed E-state index contributed by atoms with van der Waals surface area (Å²) in [5.74, 6) is -2.27. The molecule has 2 amide bonds. The van der Waals surface area contributed by atoms with E-state index >= 15 is 0 Å². The van der Waals surface area contributed by atoms with Gasteiger partial charge in [0, 0.05) is 0 Å². The molecule has 0 aliphatic carbocycles. The van der Waals surface area contributed by atoms with E-state index in [1.54, 1.807) is 0 Å². The van der Waals surface area contributed by atoms with Crippen LogP contribution in [-0.2, 0) is 10.1 Å². The molecular formula is C9H7NO6S. The van der Waals surface area contributed by atoms with Gasteiger partial charge in [0.15, 0.2) is 0 Å². The average Bonchev–Trinajstić information content (AvgIpc) is 2.52. The summed E-state index contributed by atoms with van der Waals surface area (Å²) in [5, 5.41) is 2.05. The first kappa shape index (κ1) is 11.6. The van der Waals surface area contributed by atoms with Gasteiger partial charge in [-0.25, -0.2) is 0 Å². The number of benzene rings is 1. The van der Waals surface area contributed by atoms with E-state index in [0.29, 0.717) is 0 Å². The third-order valence-electron chi connectivity index (χ3n) is 2.09. The molecule has 90 valence electrons. The van der Waals surface area contributed by atoms with Gasteiger partial charge >= 0.3 is 10.1 Å². The number of amides is 2. The highest BCUT2D eigenvalue weighted by molar-refractivity contribution is 7.85. The number of carbonyl (C=O) groups excluding carboxylic acids is 2. The van der Waals surface area contributed by atoms with Gasteiger partial charge in [-0.15, -0.1) is 0 Å². The number of rotatable bonds is 3. The molecule has 0 saturated heterocycles. The summed E-state index contributed by atoms with van der Waals surface area (Å²) in [5.41, 5.74) is 0.0870. The third-order valence-corrected chi connectivity index (χ3v) is 2.50. The Balaban J connectivity index is 2.38. The second-order valence-corrected chi connectivity index (χ2v) is 4.71. The van der Waals surface area contributed by atoms with Crippen LogP contribution in [0.2, 0.25) is 0 Å². The maximum Gasteiger partial charge on any atom is 0.300 e. The summed E-state index contributed by atoms with van der Waals surface area (Å²) >= 11 is 0. The molecule has 17 heavy (non-hydrogen) atoms. The van der Waals surface area contributed by atoms with Crippen LogP contribution in [0.15, 0.2) is 18.2 Å². The molecule has 2 rings (SSSR count). The molecule has 1 heterocycles. The van der Waals surface area contributed by atoms with E-state index in [9.17, 15) is 18.0 Å². The largest absolute Gasteiger partial charge is 0.474 e. The molecule has 1 aliphatic rings. The molecule has 1 aromatic rings. The van der Waals surface area contributed by atoms with Crippen molar-refractivity contribution >= 4 is 21.9 Å². The molecule has 8 heteroatoms. The van der Waals surface area contributed by atoms with Gasteiger partial charge in [-0.1, -0.05) is 6.07 Å². The molecule has 2 N–H and O–H groups in total. The first-order valence-electron chi connectivity index (χ1n) is 4.45. The molecule has 0 bridgehead atoms. The maximum atomic E-state index is 11.4. The first-order chi connectivity index (χ1) is 7.88. The number of carbonyl (C=O) groups is 2. The molecule has 0 saturated carbocycles. The molecule has 0 aromatic heterocycles. The van der Waals surface area contributed by atoms with Crippen LogP contribution in [-0.4, -0.2) is 30.7 Å². The molecule has 1 aliphatic heterocycles. The number of ether oxygens (including phenoxy) is 1.